The number of carbonyl (C=O) groups excluding carboxylic acids is 1. The van der Waals surface area contributed by atoms with E-state index in [0.717, 1.165) is 55.5 Å². The van der Waals surface area contributed by atoms with Crippen LogP contribution in [-0.2, 0) is 4.79 Å². The lowest BCUT2D eigenvalue weighted by Gasteiger charge is -2.23. The second-order valence-electron chi connectivity index (χ2n) is 7.57. The number of nitriles is 1. The van der Waals surface area contributed by atoms with Crippen molar-refractivity contribution in [1.29, 1.82) is 5.26 Å². The summed E-state index contributed by atoms with van der Waals surface area (Å²) in [5, 5.41) is 14.0. The Bertz CT molecular complexity index is 890. The van der Waals surface area contributed by atoms with Gasteiger partial charge in [0.1, 0.15) is 6.04 Å². The van der Waals surface area contributed by atoms with Crippen LogP contribution in [0.1, 0.15) is 24.8 Å². The van der Waals surface area contributed by atoms with E-state index in [1.807, 2.05) is 12.3 Å². The summed E-state index contributed by atoms with van der Waals surface area (Å²) in [6.45, 7) is 4.94. The van der Waals surface area contributed by atoms with Crippen LogP contribution in [0, 0.1) is 18.3 Å². The molecule has 0 bridgehead atoms. The van der Waals surface area contributed by atoms with Gasteiger partial charge in [0, 0.05) is 42.9 Å². The van der Waals surface area contributed by atoms with Crippen LogP contribution in [0.5, 0.6) is 0 Å². The summed E-state index contributed by atoms with van der Waals surface area (Å²) in [4.78, 5) is 21.0. The van der Waals surface area contributed by atoms with Gasteiger partial charge in [-0.25, -0.2) is 0 Å². The van der Waals surface area contributed by atoms with Gasteiger partial charge in [0.25, 0.3) is 0 Å². The summed E-state index contributed by atoms with van der Waals surface area (Å²) < 4.78 is 0. The molecule has 3 heterocycles. The molecule has 0 spiro atoms. The van der Waals surface area contributed by atoms with Gasteiger partial charge >= 0.3 is 0 Å². The van der Waals surface area contributed by atoms with E-state index < -0.39 is 0 Å². The Morgan fingerprint density at radius 3 is 3.07 bits per heavy atom. The highest BCUT2D eigenvalue weighted by Gasteiger charge is 2.31. The fourth-order valence-corrected chi connectivity index (χ4v) is 4.24. The van der Waals surface area contributed by atoms with Crippen molar-refractivity contribution in [2.24, 2.45) is 0 Å². The van der Waals surface area contributed by atoms with Gasteiger partial charge in [-0.3, -0.25) is 14.7 Å². The minimum Gasteiger partial charge on any atom is -0.380 e. The number of hydrogen-bond acceptors (Lipinski definition) is 5. The van der Waals surface area contributed by atoms with E-state index in [1.165, 1.54) is 5.56 Å². The summed E-state index contributed by atoms with van der Waals surface area (Å²) in [5.41, 5.74) is 3.31. The lowest BCUT2D eigenvalue weighted by molar-refractivity contribution is -0.132. The lowest BCUT2D eigenvalue weighted by Crippen LogP contribution is -2.42. The number of amides is 1. The van der Waals surface area contributed by atoms with Crippen LogP contribution in [0.2, 0.25) is 0 Å². The zero-order valence-electron chi connectivity index (χ0n) is 15.7. The molecule has 1 amide bonds. The van der Waals surface area contributed by atoms with Gasteiger partial charge in [0.15, 0.2) is 0 Å². The molecule has 1 aromatic heterocycles. The predicted octanol–water partition coefficient (Wildman–Crippen LogP) is 2.54. The van der Waals surface area contributed by atoms with Gasteiger partial charge in [-0.1, -0.05) is 6.07 Å². The number of anilines is 1. The van der Waals surface area contributed by atoms with Gasteiger partial charge in [-0.15, -0.1) is 0 Å². The summed E-state index contributed by atoms with van der Waals surface area (Å²) in [6.07, 6.45) is 4.57. The Hall–Kier alpha value is -2.65. The number of pyridine rings is 1. The third-order valence-corrected chi connectivity index (χ3v) is 5.68. The number of carbonyl (C=O) groups is 1. The summed E-state index contributed by atoms with van der Waals surface area (Å²) in [5.74, 6) is 0.0877. The molecular formula is C21H25N5O. The van der Waals surface area contributed by atoms with Crippen LogP contribution in [0.25, 0.3) is 10.9 Å². The van der Waals surface area contributed by atoms with E-state index in [9.17, 15) is 10.1 Å². The third kappa shape index (κ3) is 3.60. The van der Waals surface area contributed by atoms with Crippen LogP contribution < -0.4 is 5.32 Å². The van der Waals surface area contributed by atoms with Crippen molar-refractivity contribution in [3.05, 3.63) is 36.0 Å². The number of hydrogen-bond donors (Lipinski definition) is 1. The highest BCUT2D eigenvalue weighted by atomic mass is 16.2. The Morgan fingerprint density at radius 1 is 1.33 bits per heavy atom. The second-order valence-corrected chi connectivity index (χ2v) is 7.57. The maximum atomic E-state index is 12.6. The van der Waals surface area contributed by atoms with E-state index in [2.05, 4.69) is 46.4 Å². The zero-order chi connectivity index (χ0) is 18.8. The molecule has 2 saturated heterocycles. The number of nitrogens with one attached hydrogen (secondary N) is 1. The van der Waals surface area contributed by atoms with Gasteiger partial charge in [0.05, 0.1) is 18.1 Å². The van der Waals surface area contributed by atoms with E-state index in [-0.39, 0.29) is 11.9 Å². The largest absolute Gasteiger partial charge is 0.380 e. The molecular weight excluding hydrogens is 338 g/mol. The van der Waals surface area contributed by atoms with E-state index in [1.54, 1.807) is 4.90 Å². The van der Waals surface area contributed by atoms with E-state index in [4.69, 9.17) is 0 Å². The minimum absolute atomic E-state index is 0.0877. The molecule has 6 heteroatoms. The molecule has 2 aliphatic rings. The molecule has 2 aliphatic heterocycles. The fourth-order valence-electron chi connectivity index (χ4n) is 4.24. The van der Waals surface area contributed by atoms with Crippen molar-refractivity contribution >= 4 is 22.5 Å². The molecule has 1 N–H and O–H groups in total. The molecule has 0 aliphatic carbocycles. The van der Waals surface area contributed by atoms with Crippen molar-refractivity contribution in [3.63, 3.8) is 0 Å². The molecule has 1 aromatic carbocycles. The second kappa shape index (κ2) is 7.53. The highest BCUT2D eigenvalue weighted by Crippen LogP contribution is 2.26. The molecule has 1 unspecified atom stereocenters. The number of nitrogens with zero attached hydrogens (tertiary/aromatic N) is 4. The monoisotopic (exact) mass is 363 g/mol. The number of likely N-dealkylation sites (tertiary alicyclic amines) is 2. The normalized spacial score (nSPS) is 22.9. The van der Waals surface area contributed by atoms with Crippen LogP contribution in [0.4, 0.5) is 5.69 Å². The minimum atomic E-state index is -0.236. The van der Waals surface area contributed by atoms with Crippen molar-refractivity contribution in [1.82, 2.24) is 14.8 Å². The average Bonchev–Trinajstić information content (AvgIpc) is 3.33. The van der Waals surface area contributed by atoms with Gasteiger partial charge in [0.2, 0.25) is 5.91 Å². The van der Waals surface area contributed by atoms with Crippen molar-refractivity contribution < 1.29 is 4.79 Å². The third-order valence-electron chi connectivity index (χ3n) is 5.68. The molecule has 6 nitrogen and oxygen atoms in total. The van der Waals surface area contributed by atoms with E-state index >= 15 is 0 Å². The summed E-state index contributed by atoms with van der Waals surface area (Å²) in [7, 11) is 0. The Balaban J connectivity index is 1.39. The van der Waals surface area contributed by atoms with Crippen molar-refractivity contribution in [2.75, 3.05) is 31.5 Å². The number of benzene rings is 1. The Kier molecular flexibility index (Phi) is 4.95. The van der Waals surface area contributed by atoms with Gasteiger partial charge in [-0.05, 0) is 49.9 Å². The highest BCUT2D eigenvalue weighted by molar-refractivity contribution is 5.93. The van der Waals surface area contributed by atoms with Crippen LogP contribution in [-0.4, -0.2) is 59.0 Å². The average molecular weight is 363 g/mol. The quantitative estimate of drug-likeness (QED) is 0.904. The zero-order valence-corrected chi connectivity index (χ0v) is 15.7. The molecule has 2 atom stereocenters. The number of aryl methyl sites for hydroxylation is 1. The Morgan fingerprint density at radius 2 is 2.22 bits per heavy atom. The first kappa shape index (κ1) is 17.7. The van der Waals surface area contributed by atoms with Crippen LogP contribution >= 0.6 is 0 Å². The van der Waals surface area contributed by atoms with Gasteiger partial charge < -0.3 is 10.2 Å². The maximum absolute atomic E-state index is 12.6. The topological polar surface area (TPSA) is 72.3 Å². The van der Waals surface area contributed by atoms with Crippen molar-refractivity contribution in [3.8, 4) is 6.07 Å². The first-order valence-corrected chi connectivity index (χ1v) is 9.68. The summed E-state index contributed by atoms with van der Waals surface area (Å²) >= 11 is 0. The van der Waals surface area contributed by atoms with Gasteiger partial charge in [-0.2, -0.15) is 5.26 Å². The lowest BCUT2D eigenvalue weighted by atomic mass is 10.1. The standard InChI is InChI=1S/C21H25N5O/c1-15-6-7-19(18-5-2-9-23-21(15)18)24-16-8-11-25(13-16)14-20(27)26-10-3-4-17(26)12-22/h2,5-7,9,16-17,24H,3-4,8,10-11,13-14H2,1H3/t16-,17?/m1/s1. The maximum Gasteiger partial charge on any atom is 0.237 e. The van der Waals surface area contributed by atoms with Crippen LogP contribution in [0.3, 0.4) is 0 Å². The first-order valence-electron chi connectivity index (χ1n) is 9.68. The molecule has 2 aromatic rings. The molecule has 2 fully saturated rings. The summed E-state index contributed by atoms with van der Waals surface area (Å²) in [6, 6.07) is 10.6. The number of rotatable bonds is 4. The van der Waals surface area contributed by atoms with E-state index in [0.29, 0.717) is 12.6 Å². The SMILES string of the molecule is Cc1ccc(N[C@@H]2CCN(CC(=O)N3CCCC3C#N)C2)c2cccnc12. The predicted molar refractivity (Wildman–Crippen MR) is 105 cm³/mol. The number of aromatic nitrogens is 1. The van der Waals surface area contributed by atoms with Crippen LogP contribution in [0.15, 0.2) is 30.5 Å². The Labute approximate surface area is 159 Å². The molecule has 27 heavy (non-hydrogen) atoms. The molecule has 140 valence electrons. The smallest absolute Gasteiger partial charge is 0.237 e. The number of fused-ring (bicyclic) bond motifs is 1. The fraction of sp³-hybridized carbons (Fsp3) is 0.476. The van der Waals surface area contributed by atoms with Crippen molar-refractivity contribution in [2.45, 2.75) is 38.3 Å². The molecule has 0 radical (unpaired) electrons. The first-order chi connectivity index (χ1) is 13.2. The molecule has 4 rings (SSSR count). The molecule has 0 saturated carbocycles.